The molecule has 4 atom stereocenters. The topological polar surface area (TPSA) is 51.2 Å². The summed E-state index contributed by atoms with van der Waals surface area (Å²) in [4.78, 5) is 38.0. The zero-order valence-electron chi connectivity index (χ0n) is 26.6. The Balaban J connectivity index is 0.00000178. The van der Waals surface area contributed by atoms with E-state index in [1.807, 2.05) is 6.92 Å². The first kappa shape index (κ1) is 33.7. The fourth-order valence-corrected chi connectivity index (χ4v) is 6.38. The van der Waals surface area contributed by atoms with E-state index >= 15 is 0 Å². The third kappa shape index (κ3) is 9.25. The van der Waals surface area contributed by atoms with Gasteiger partial charge < -0.3 is 0 Å². The van der Waals surface area contributed by atoms with Crippen molar-refractivity contribution < 1.29 is 14.4 Å². The molecule has 0 radical (unpaired) electrons. The smallest absolute Gasteiger partial charge is 0.163 e. The van der Waals surface area contributed by atoms with Crippen molar-refractivity contribution in [2.45, 2.75) is 120 Å². The number of Topliss-reactive ketones (excluding diaryl/α,β-unsaturated/α-hetero) is 3. The van der Waals surface area contributed by atoms with Crippen LogP contribution in [0, 0.1) is 30.6 Å². The number of fused-ring (bicyclic) bond motifs is 1. The Labute approximate surface area is 244 Å². The van der Waals surface area contributed by atoms with E-state index in [-0.39, 0.29) is 41.5 Å². The lowest BCUT2D eigenvalue weighted by Gasteiger charge is -2.32. The van der Waals surface area contributed by atoms with Gasteiger partial charge in [0.1, 0.15) is 11.6 Å². The van der Waals surface area contributed by atoms with Crippen LogP contribution in [0.3, 0.4) is 0 Å². The molecule has 0 saturated heterocycles. The van der Waals surface area contributed by atoms with Crippen LogP contribution in [-0.4, -0.2) is 17.3 Å². The van der Waals surface area contributed by atoms with E-state index in [1.54, 1.807) is 0 Å². The molecule has 0 bridgehead atoms. The Kier molecular flexibility index (Phi) is 14.0. The van der Waals surface area contributed by atoms with E-state index in [2.05, 4.69) is 77.9 Å². The number of aryl methyl sites for hydroxylation is 1. The monoisotopic (exact) mass is 546 g/mol. The molecule has 2 aromatic carbocycles. The van der Waals surface area contributed by atoms with E-state index in [4.69, 9.17) is 0 Å². The van der Waals surface area contributed by atoms with Crippen molar-refractivity contribution >= 4 is 17.3 Å². The fraction of sp³-hybridized carbons (Fsp3) is 0.595. The molecule has 2 aromatic rings. The van der Waals surface area contributed by atoms with Gasteiger partial charge in [-0.3, -0.25) is 14.4 Å². The quantitative estimate of drug-likeness (QED) is 0.235. The Hall–Kier alpha value is -2.55. The fourth-order valence-electron chi connectivity index (χ4n) is 6.38. The maximum absolute atomic E-state index is 13.5. The lowest BCUT2D eigenvalue weighted by molar-refractivity contribution is -0.129. The van der Waals surface area contributed by atoms with Crippen LogP contribution >= 0.6 is 0 Å². The molecule has 4 unspecified atom stereocenters. The molecule has 0 saturated carbocycles. The molecule has 3 rings (SSSR count). The molecule has 0 heterocycles. The predicted molar refractivity (Wildman–Crippen MR) is 169 cm³/mol. The highest BCUT2D eigenvalue weighted by molar-refractivity contribution is 6.02. The molecule has 0 amide bonds. The van der Waals surface area contributed by atoms with Crippen LogP contribution in [0.1, 0.15) is 127 Å². The van der Waals surface area contributed by atoms with Crippen molar-refractivity contribution in [1.82, 2.24) is 0 Å². The van der Waals surface area contributed by atoms with Gasteiger partial charge in [0.05, 0.1) is 6.42 Å². The minimum Gasteiger partial charge on any atom is -0.300 e. The second kappa shape index (κ2) is 16.7. The summed E-state index contributed by atoms with van der Waals surface area (Å²) in [6, 6.07) is 13.2. The molecule has 0 fully saturated rings. The van der Waals surface area contributed by atoms with Crippen molar-refractivity contribution in [1.29, 1.82) is 0 Å². The Morgan fingerprint density at radius 3 is 2.12 bits per heavy atom. The third-order valence-electron chi connectivity index (χ3n) is 8.45. The van der Waals surface area contributed by atoms with Gasteiger partial charge in [-0.2, -0.15) is 0 Å². The van der Waals surface area contributed by atoms with E-state index < -0.39 is 0 Å². The third-order valence-corrected chi connectivity index (χ3v) is 8.45. The lowest BCUT2D eigenvalue weighted by atomic mass is 9.71. The van der Waals surface area contributed by atoms with E-state index in [0.29, 0.717) is 12.3 Å². The molecule has 3 heteroatoms. The first-order valence-corrected chi connectivity index (χ1v) is 15.9. The van der Waals surface area contributed by atoms with Crippen LogP contribution in [0.4, 0.5) is 0 Å². The Bertz CT molecular complexity index is 1110. The second-order valence-corrected chi connectivity index (χ2v) is 12.2. The zero-order valence-corrected chi connectivity index (χ0v) is 26.6. The van der Waals surface area contributed by atoms with Gasteiger partial charge in [0.15, 0.2) is 5.78 Å². The molecular weight excluding hydrogens is 492 g/mol. The SMILES string of the molecule is CCC.CCCC(CC1CC(=O)c2c(C)ccc(-c3ccc(CC(C)CC)cc3)c2C1)C(CC)C(=O)CC(C)=O. The summed E-state index contributed by atoms with van der Waals surface area (Å²) in [5.74, 6) is 1.26. The molecule has 0 aliphatic heterocycles. The van der Waals surface area contributed by atoms with Gasteiger partial charge >= 0.3 is 0 Å². The van der Waals surface area contributed by atoms with E-state index in [0.717, 1.165) is 49.7 Å². The number of benzene rings is 2. The molecule has 1 aliphatic rings. The standard InChI is InChI=1S/C34H46O3.C3H8/c1-7-10-28(29(9-3)32(36)18-24(6)35)19-26-20-31-30(16-11-23(5)34(31)33(37)21-26)27-14-12-25(13-15-27)17-22(4)8-2;1-3-2/h11-16,22,26,28-29H,7-10,17-21H2,1-6H3;3H2,1-2H3. The molecule has 0 spiro atoms. The highest BCUT2D eigenvalue weighted by Crippen LogP contribution is 2.40. The summed E-state index contributed by atoms with van der Waals surface area (Å²) < 4.78 is 0. The number of carbonyl (C=O) groups is 3. The number of hydrogen-bond donors (Lipinski definition) is 0. The Morgan fingerprint density at radius 1 is 0.925 bits per heavy atom. The van der Waals surface area contributed by atoms with Crippen LogP contribution in [-0.2, 0) is 22.4 Å². The summed E-state index contributed by atoms with van der Waals surface area (Å²) in [6.07, 6.45) is 8.52. The molecular formula is C37H54O3. The highest BCUT2D eigenvalue weighted by Gasteiger charge is 2.34. The molecule has 3 nitrogen and oxygen atoms in total. The van der Waals surface area contributed by atoms with Crippen LogP contribution in [0.2, 0.25) is 0 Å². The summed E-state index contributed by atoms with van der Waals surface area (Å²) in [6.45, 7) is 16.5. The van der Waals surface area contributed by atoms with Crippen molar-refractivity contribution in [3.05, 3.63) is 58.7 Å². The number of hydrogen-bond acceptors (Lipinski definition) is 3. The van der Waals surface area contributed by atoms with Gasteiger partial charge in [0, 0.05) is 17.9 Å². The Morgan fingerprint density at radius 2 is 1.57 bits per heavy atom. The summed E-state index contributed by atoms with van der Waals surface area (Å²) >= 11 is 0. The van der Waals surface area contributed by atoms with Crippen LogP contribution in [0.15, 0.2) is 36.4 Å². The van der Waals surface area contributed by atoms with Crippen molar-refractivity contribution in [3.63, 3.8) is 0 Å². The van der Waals surface area contributed by atoms with Crippen LogP contribution in [0.25, 0.3) is 11.1 Å². The normalized spacial score (nSPS) is 16.8. The molecule has 0 aromatic heterocycles. The van der Waals surface area contributed by atoms with Gasteiger partial charge in [0.25, 0.3) is 0 Å². The zero-order chi connectivity index (χ0) is 29.8. The van der Waals surface area contributed by atoms with Crippen LogP contribution < -0.4 is 0 Å². The average molecular weight is 547 g/mol. The molecule has 1 aliphatic carbocycles. The number of ketones is 3. The molecule has 0 N–H and O–H groups in total. The van der Waals surface area contributed by atoms with Gasteiger partial charge in [0.2, 0.25) is 0 Å². The van der Waals surface area contributed by atoms with Gasteiger partial charge in [-0.15, -0.1) is 0 Å². The average Bonchev–Trinajstić information content (AvgIpc) is 2.90. The summed E-state index contributed by atoms with van der Waals surface area (Å²) in [5.41, 5.74) is 6.84. The van der Waals surface area contributed by atoms with Crippen molar-refractivity contribution in [2.24, 2.45) is 23.7 Å². The van der Waals surface area contributed by atoms with Crippen molar-refractivity contribution in [2.75, 3.05) is 0 Å². The molecule has 220 valence electrons. The van der Waals surface area contributed by atoms with E-state index in [1.165, 1.54) is 42.0 Å². The molecule has 40 heavy (non-hydrogen) atoms. The minimum atomic E-state index is -0.101. The maximum Gasteiger partial charge on any atom is 0.163 e. The number of rotatable bonds is 13. The predicted octanol–water partition coefficient (Wildman–Crippen LogP) is 9.79. The van der Waals surface area contributed by atoms with Gasteiger partial charge in [-0.1, -0.05) is 104 Å². The second-order valence-electron chi connectivity index (χ2n) is 12.2. The summed E-state index contributed by atoms with van der Waals surface area (Å²) in [5, 5.41) is 0. The van der Waals surface area contributed by atoms with E-state index in [9.17, 15) is 14.4 Å². The first-order valence-electron chi connectivity index (χ1n) is 15.9. The first-order chi connectivity index (χ1) is 19.1. The van der Waals surface area contributed by atoms with Gasteiger partial charge in [-0.25, -0.2) is 0 Å². The highest BCUT2D eigenvalue weighted by atomic mass is 16.1. The van der Waals surface area contributed by atoms with Crippen molar-refractivity contribution in [3.8, 4) is 11.1 Å². The maximum atomic E-state index is 13.5. The largest absolute Gasteiger partial charge is 0.300 e. The lowest BCUT2D eigenvalue weighted by Crippen LogP contribution is -2.30. The minimum absolute atomic E-state index is 0.0293. The number of carbonyl (C=O) groups excluding carboxylic acids is 3. The van der Waals surface area contributed by atoms with Crippen LogP contribution in [0.5, 0.6) is 0 Å². The van der Waals surface area contributed by atoms with Gasteiger partial charge in [-0.05, 0) is 85.1 Å². The summed E-state index contributed by atoms with van der Waals surface area (Å²) in [7, 11) is 0.